The molecule has 1 aromatic carbocycles. The minimum absolute atomic E-state index is 0.218. The summed E-state index contributed by atoms with van der Waals surface area (Å²) in [7, 11) is 1.59. The molecule has 4 heteroatoms. The molecule has 1 unspecified atom stereocenters. The summed E-state index contributed by atoms with van der Waals surface area (Å²) in [5.74, 6) is 0.437. The van der Waals surface area contributed by atoms with E-state index in [2.05, 4.69) is 21.2 Å². The van der Waals surface area contributed by atoms with Crippen LogP contribution in [0.4, 0.5) is 4.39 Å². The summed E-state index contributed by atoms with van der Waals surface area (Å²) in [6.45, 7) is 4.89. The Morgan fingerprint density at radius 2 is 2.24 bits per heavy atom. The quantitative estimate of drug-likeness (QED) is 0.903. The molecule has 0 aliphatic carbocycles. The van der Waals surface area contributed by atoms with Gasteiger partial charge in [0.25, 0.3) is 0 Å². The fourth-order valence-electron chi connectivity index (χ4n) is 2.60. The van der Waals surface area contributed by atoms with Crippen LogP contribution in [0.3, 0.4) is 0 Å². The molecule has 1 aliphatic heterocycles. The lowest BCUT2D eigenvalue weighted by atomic mass is 9.88. The molecule has 0 bridgehead atoms. The van der Waals surface area contributed by atoms with Gasteiger partial charge in [0.15, 0.2) is 0 Å². The maximum Gasteiger partial charge on any atom is 0.146 e. The van der Waals surface area contributed by atoms with E-state index in [0.717, 1.165) is 24.9 Å². The Balaban J connectivity index is 2.65. The maximum absolute atomic E-state index is 14.4. The molecule has 1 aromatic rings. The van der Waals surface area contributed by atoms with Gasteiger partial charge in [0.1, 0.15) is 11.6 Å². The van der Waals surface area contributed by atoms with Crippen molar-refractivity contribution in [2.24, 2.45) is 0 Å². The SMILES string of the molecule is COc1c(C)cc(Br)c(F)c1C1(C)CCCN1. The summed E-state index contributed by atoms with van der Waals surface area (Å²) in [4.78, 5) is 0. The van der Waals surface area contributed by atoms with Crippen molar-refractivity contribution in [3.8, 4) is 5.75 Å². The third-order valence-corrected chi connectivity index (χ3v) is 4.06. The van der Waals surface area contributed by atoms with E-state index in [-0.39, 0.29) is 11.4 Å². The summed E-state index contributed by atoms with van der Waals surface area (Å²) >= 11 is 3.27. The monoisotopic (exact) mass is 301 g/mol. The zero-order chi connectivity index (χ0) is 12.6. The highest BCUT2D eigenvalue weighted by Gasteiger charge is 2.36. The Bertz CT molecular complexity index is 442. The van der Waals surface area contributed by atoms with Gasteiger partial charge in [-0.25, -0.2) is 4.39 Å². The van der Waals surface area contributed by atoms with E-state index in [1.54, 1.807) is 13.2 Å². The third kappa shape index (κ3) is 2.08. The van der Waals surface area contributed by atoms with Gasteiger partial charge in [-0.15, -0.1) is 0 Å². The maximum atomic E-state index is 14.4. The Kier molecular flexibility index (Phi) is 3.46. The van der Waals surface area contributed by atoms with E-state index >= 15 is 0 Å². The average molecular weight is 302 g/mol. The number of halogens is 2. The van der Waals surface area contributed by atoms with Gasteiger partial charge in [-0.3, -0.25) is 0 Å². The predicted molar refractivity (Wildman–Crippen MR) is 70.0 cm³/mol. The number of rotatable bonds is 2. The van der Waals surface area contributed by atoms with Crippen molar-refractivity contribution in [1.29, 1.82) is 0 Å². The number of hydrogen-bond acceptors (Lipinski definition) is 2. The summed E-state index contributed by atoms with van der Waals surface area (Å²) < 4.78 is 20.2. The first-order chi connectivity index (χ1) is 7.99. The van der Waals surface area contributed by atoms with Crippen LogP contribution in [0.15, 0.2) is 10.5 Å². The molecular weight excluding hydrogens is 285 g/mol. The number of ether oxygens (including phenoxy) is 1. The number of hydrogen-bond donors (Lipinski definition) is 1. The van der Waals surface area contributed by atoms with Crippen LogP contribution >= 0.6 is 15.9 Å². The standard InChI is InChI=1S/C13H17BrFNO/c1-8-7-9(14)11(15)10(12(8)17-3)13(2)5-4-6-16-13/h7,16H,4-6H2,1-3H3. The highest BCUT2D eigenvalue weighted by molar-refractivity contribution is 9.10. The molecule has 1 saturated heterocycles. The van der Waals surface area contributed by atoms with E-state index < -0.39 is 0 Å². The fourth-order valence-corrected chi connectivity index (χ4v) is 3.14. The number of benzene rings is 1. The van der Waals surface area contributed by atoms with Crippen LogP contribution in [0.5, 0.6) is 5.75 Å². The molecule has 0 amide bonds. The molecule has 0 saturated carbocycles. The van der Waals surface area contributed by atoms with Crippen LogP contribution in [0, 0.1) is 12.7 Å². The molecule has 2 rings (SSSR count). The van der Waals surface area contributed by atoms with E-state index in [1.807, 2.05) is 13.8 Å². The van der Waals surface area contributed by atoms with Gasteiger partial charge in [0.2, 0.25) is 0 Å². The minimum atomic E-state index is -0.329. The van der Waals surface area contributed by atoms with Crippen LogP contribution in [-0.2, 0) is 5.54 Å². The summed E-state index contributed by atoms with van der Waals surface area (Å²) in [5, 5.41) is 3.38. The Morgan fingerprint density at radius 1 is 1.53 bits per heavy atom. The zero-order valence-corrected chi connectivity index (χ0v) is 11.9. The van der Waals surface area contributed by atoms with Crippen molar-refractivity contribution in [1.82, 2.24) is 5.32 Å². The van der Waals surface area contributed by atoms with Gasteiger partial charge >= 0.3 is 0 Å². The average Bonchev–Trinajstić information content (AvgIpc) is 2.71. The van der Waals surface area contributed by atoms with Gasteiger partial charge in [0, 0.05) is 5.54 Å². The first-order valence-electron chi connectivity index (χ1n) is 5.77. The van der Waals surface area contributed by atoms with Crippen molar-refractivity contribution < 1.29 is 9.13 Å². The lowest BCUT2D eigenvalue weighted by molar-refractivity contribution is 0.353. The predicted octanol–water partition coefficient (Wildman–Crippen LogP) is 3.50. The Labute approximate surface area is 110 Å². The Morgan fingerprint density at radius 3 is 2.76 bits per heavy atom. The minimum Gasteiger partial charge on any atom is -0.496 e. The van der Waals surface area contributed by atoms with Gasteiger partial charge in [0.05, 0.1) is 17.1 Å². The van der Waals surface area contributed by atoms with Gasteiger partial charge in [-0.1, -0.05) is 0 Å². The molecule has 1 fully saturated rings. The molecule has 1 aliphatic rings. The van der Waals surface area contributed by atoms with E-state index in [0.29, 0.717) is 15.8 Å². The highest BCUT2D eigenvalue weighted by atomic mass is 79.9. The third-order valence-electron chi connectivity index (χ3n) is 3.48. The number of nitrogens with one attached hydrogen (secondary N) is 1. The van der Waals surface area contributed by atoms with Crippen LogP contribution in [0.2, 0.25) is 0 Å². The molecule has 1 N–H and O–H groups in total. The molecule has 1 heterocycles. The second-order valence-corrected chi connectivity index (χ2v) is 5.61. The van der Waals surface area contributed by atoms with Crippen molar-refractivity contribution in [3.05, 3.63) is 27.5 Å². The number of aryl methyl sites for hydroxylation is 1. The molecule has 1 atom stereocenters. The zero-order valence-electron chi connectivity index (χ0n) is 10.4. The molecule has 0 radical (unpaired) electrons. The molecule has 0 aromatic heterocycles. The van der Waals surface area contributed by atoms with E-state index in [4.69, 9.17) is 4.74 Å². The lowest BCUT2D eigenvalue weighted by Crippen LogP contribution is -2.35. The van der Waals surface area contributed by atoms with Crippen LogP contribution < -0.4 is 10.1 Å². The highest BCUT2D eigenvalue weighted by Crippen LogP contribution is 2.42. The van der Waals surface area contributed by atoms with E-state index in [1.165, 1.54) is 0 Å². The van der Waals surface area contributed by atoms with Crippen LogP contribution in [0.1, 0.15) is 30.9 Å². The van der Waals surface area contributed by atoms with Crippen LogP contribution in [0.25, 0.3) is 0 Å². The molecular formula is C13H17BrFNO. The first-order valence-corrected chi connectivity index (χ1v) is 6.57. The topological polar surface area (TPSA) is 21.3 Å². The second-order valence-electron chi connectivity index (χ2n) is 4.76. The van der Waals surface area contributed by atoms with Crippen molar-refractivity contribution in [2.75, 3.05) is 13.7 Å². The lowest BCUT2D eigenvalue weighted by Gasteiger charge is -2.28. The second kappa shape index (κ2) is 4.58. The van der Waals surface area contributed by atoms with Gasteiger partial charge in [-0.05, 0) is 60.8 Å². The Hall–Kier alpha value is -0.610. The smallest absolute Gasteiger partial charge is 0.146 e. The number of methoxy groups -OCH3 is 1. The largest absolute Gasteiger partial charge is 0.496 e. The molecule has 94 valence electrons. The normalized spacial score (nSPS) is 24.1. The van der Waals surface area contributed by atoms with E-state index in [9.17, 15) is 4.39 Å². The van der Waals surface area contributed by atoms with Crippen LogP contribution in [-0.4, -0.2) is 13.7 Å². The molecule has 0 spiro atoms. The van der Waals surface area contributed by atoms with Gasteiger partial charge < -0.3 is 10.1 Å². The van der Waals surface area contributed by atoms with Crippen molar-refractivity contribution >= 4 is 15.9 Å². The summed E-state index contributed by atoms with van der Waals surface area (Å²) in [6, 6.07) is 1.76. The molecule has 2 nitrogen and oxygen atoms in total. The summed E-state index contributed by atoms with van der Waals surface area (Å²) in [5.41, 5.74) is 1.26. The first kappa shape index (κ1) is 12.8. The van der Waals surface area contributed by atoms with Crippen molar-refractivity contribution in [3.63, 3.8) is 0 Å². The fraction of sp³-hybridized carbons (Fsp3) is 0.538. The molecule has 17 heavy (non-hydrogen) atoms. The van der Waals surface area contributed by atoms with Crippen molar-refractivity contribution in [2.45, 2.75) is 32.2 Å². The summed E-state index contributed by atoms with van der Waals surface area (Å²) in [6.07, 6.45) is 1.99. The van der Waals surface area contributed by atoms with Gasteiger partial charge in [-0.2, -0.15) is 0 Å².